The van der Waals surface area contributed by atoms with Gasteiger partial charge in [0.25, 0.3) is 0 Å². The second kappa shape index (κ2) is 6.04. The topological polar surface area (TPSA) is 47.3 Å². The smallest absolute Gasteiger partial charge is 0.0972 e. The molecule has 18 heavy (non-hydrogen) atoms. The van der Waals surface area contributed by atoms with Crippen LogP contribution in [0.4, 0.5) is 0 Å². The van der Waals surface area contributed by atoms with Gasteiger partial charge in [-0.05, 0) is 39.5 Å². The van der Waals surface area contributed by atoms with Gasteiger partial charge in [-0.15, -0.1) is 0 Å². The Morgan fingerprint density at radius 3 is 3.00 bits per heavy atom. The third kappa shape index (κ3) is 3.05. The highest BCUT2D eigenvalue weighted by molar-refractivity contribution is 6.31. The predicted molar refractivity (Wildman–Crippen MR) is 70.8 cm³/mol. The van der Waals surface area contributed by atoms with Crippen molar-refractivity contribution < 1.29 is 9.84 Å². The van der Waals surface area contributed by atoms with Crippen molar-refractivity contribution in [2.75, 3.05) is 6.61 Å². The van der Waals surface area contributed by atoms with Crippen molar-refractivity contribution in [2.24, 2.45) is 0 Å². The summed E-state index contributed by atoms with van der Waals surface area (Å²) in [7, 11) is 0. The Morgan fingerprint density at radius 1 is 1.61 bits per heavy atom. The summed E-state index contributed by atoms with van der Waals surface area (Å²) in [4.78, 5) is 0. The normalized spacial score (nSPS) is 21.7. The first-order valence-electron chi connectivity index (χ1n) is 6.62. The van der Waals surface area contributed by atoms with E-state index in [4.69, 9.17) is 16.3 Å². The van der Waals surface area contributed by atoms with Gasteiger partial charge in [0, 0.05) is 12.6 Å². The monoisotopic (exact) mass is 272 g/mol. The van der Waals surface area contributed by atoms with Crippen LogP contribution >= 0.6 is 11.6 Å². The minimum atomic E-state index is -0.563. The summed E-state index contributed by atoms with van der Waals surface area (Å²) in [6, 6.07) is 0.199. The van der Waals surface area contributed by atoms with E-state index in [9.17, 15) is 5.11 Å². The largest absolute Gasteiger partial charge is 0.387 e. The molecule has 1 N–H and O–H groups in total. The molecule has 0 radical (unpaired) electrons. The number of aliphatic hydroxyl groups is 1. The van der Waals surface area contributed by atoms with Gasteiger partial charge in [0.1, 0.15) is 0 Å². The molecule has 2 rings (SSSR count). The molecule has 1 aliphatic rings. The summed E-state index contributed by atoms with van der Waals surface area (Å²) in [5, 5.41) is 15.0. The number of aromatic nitrogens is 2. The van der Waals surface area contributed by atoms with Crippen LogP contribution < -0.4 is 0 Å². The highest BCUT2D eigenvalue weighted by atomic mass is 35.5. The molecule has 5 heteroatoms. The molecule has 1 aromatic heterocycles. The first-order chi connectivity index (χ1) is 8.59. The Labute approximate surface area is 113 Å². The molecule has 1 aliphatic heterocycles. The van der Waals surface area contributed by atoms with E-state index in [1.807, 2.05) is 13.8 Å². The average molecular weight is 273 g/mol. The summed E-state index contributed by atoms with van der Waals surface area (Å²) in [6.07, 6.45) is 5.12. The summed E-state index contributed by atoms with van der Waals surface area (Å²) in [6.45, 7) is 4.91. The van der Waals surface area contributed by atoms with Crippen molar-refractivity contribution in [3.63, 3.8) is 0 Å². The van der Waals surface area contributed by atoms with Crippen LogP contribution in [0.1, 0.15) is 57.4 Å². The highest BCUT2D eigenvalue weighted by Crippen LogP contribution is 2.30. The first kappa shape index (κ1) is 13.8. The van der Waals surface area contributed by atoms with Gasteiger partial charge < -0.3 is 9.84 Å². The molecule has 0 amide bonds. The molecule has 0 spiro atoms. The second-order valence-electron chi connectivity index (χ2n) is 5.14. The standard InChI is InChI=1S/C13H21ClN2O2/c1-9(2)16-13(11(14)8-15-16)12(17)6-5-10-4-3-7-18-10/h8-10,12,17H,3-7H2,1-2H3. The van der Waals surface area contributed by atoms with Crippen LogP contribution in [0.25, 0.3) is 0 Å². The Morgan fingerprint density at radius 2 is 2.39 bits per heavy atom. The van der Waals surface area contributed by atoms with Crippen molar-refractivity contribution in [3.05, 3.63) is 16.9 Å². The first-order valence-corrected chi connectivity index (χ1v) is 7.00. The quantitative estimate of drug-likeness (QED) is 0.896. The number of rotatable bonds is 5. The molecule has 2 atom stereocenters. The van der Waals surface area contributed by atoms with Crippen molar-refractivity contribution >= 4 is 11.6 Å². The van der Waals surface area contributed by atoms with Crippen LogP contribution in [0, 0.1) is 0 Å². The van der Waals surface area contributed by atoms with E-state index < -0.39 is 6.10 Å². The van der Waals surface area contributed by atoms with Gasteiger partial charge in [-0.1, -0.05) is 11.6 Å². The number of nitrogens with zero attached hydrogens (tertiary/aromatic N) is 2. The van der Waals surface area contributed by atoms with E-state index in [0.29, 0.717) is 17.5 Å². The lowest BCUT2D eigenvalue weighted by Gasteiger charge is -2.18. The molecular formula is C13H21ClN2O2. The van der Waals surface area contributed by atoms with E-state index in [2.05, 4.69) is 5.10 Å². The molecule has 2 unspecified atom stereocenters. The lowest BCUT2D eigenvalue weighted by atomic mass is 10.1. The van der Waals surface area contributed by atoms with E-state index >= 15 is 0 Å². The maximum atomic E-state index is 10.3. The number of hydrogen-bond donors (Lipinski definition) is 1. The average Bonchev–Trinajstić information content (AvgIpc) is 2.94. The van der Waals surface area contributed by atoms with Gasteiger partial charge in [0.2, 0.25) is 0 Å². The van der Waals surface area contributed by atoms with E-state index in [1.165, 1.54) is 0 Å². The molecule has 1 aromatic rings. The number of ether oxygens (including phenoxy) is 1. The van der Waals surface area contributed by atoms with Crippen LogP contribution in [0.3, 0.4) is 0 Å². The fourth-order valence-corrected chi connectivity index (χ4v) is 2.68. The zero-order valence-electron chi connectivity index (χ0n) is 11.0. The lowest BCUT2D eigenvalue weighted by Crippen LogP contribution is -2.14. The molecule has 2 heterocycles. The molecule has 1 fully saturated rings. The van der Waals surface area contributed by atoms with Gasteiger partial charge in [0.15, 0.2) is 0 Å². The number of aliphatic hydroxyl groups excluding tert-OH is 1. The van der Waals surface area contributed by atoms with E-state index in [1.54, 1.807) is 10.9 Å². The molecule has 0 aromatic carbocycles. The Kier molecular flexibility index (Phi) is 4.65. The van der Waals surface area contributed by atoms with Crippen molar-refractivity contribution in [3.8, 4) is 0 Å². The van der Waals surface area contributed by atoms with Crippen molar-refractivity contribution in [1.82, 2.24) is 9.78 Å². The minimum absolute atomic E-state index is 0.199. The van der Waals surface area contributed by atoms with Crippen molar-refractivity contribution in [2.45, 2.75) is 57.8 Å². The zero-order valence-corrected chi connectivity index (χ0v) is 11.7. The Balaban J connectivity index is 1.98. The fraction of sp³-hybridized carbons (Fsp3) is 0.769. The van der Waals surface area contributed by atoms with Gasteiger partial charge in [0.05, 0.1) is 29.1 Å². The van der Waals surface area contributed by atoms with Crippen molar-refractivity contribution in [1.29, 1.82) is 0 Å². The second-order valence-corrected chi connectivity index (χ2v) is 5.55. The SMILES string of the molecule is CC(C)n1ncc(Cl)c1C(O)CCC1CCCO1. The molecule has 0 bridgehead atoms. The summed E-state index contributed by atoms with van der Waals surface area (Å²) in [5.41, 5.74) is 0.727. The summed E-state index contributed by atoms with van der Waals surface area (Å²) < 4.78 is 7.36. The highest BCUT2D eigenvalue weighted by Gasteiger charge is 2.22. The van der Waals surface area contributed by atoms with E-state index in [0.717, 1.165) is 31.6 Å². The molecule has 4 nitrogen and oxygen atoms in total. The molecule has 0 saturated carbocycles. The molecular weight excluding hydrogens is 252 g/mol. The summed E-state index contributed by atoms with van der Waals surface area (Å²) >= 11 is 6.10. The maximum absolute atomic E-state index is 10.3. The van der Waals surface area contributed by atoms with Gasteiger partial charge in [-0.3, -0.25) is 4.68 Å². The van der Waals surface area contributed by atoms with Gasteiger partial charge in [-0.2, -0.15) is 5.10 Å². The lowest BCUT2D eigenvalue weighted by molar-refractivity contribution is 0.0785. The van der Waals surface area contributed by atoms with Crippen LogP contribution in [-0.2, 0) is 4.74 Å². The molecule has 0 aliphatic carbocycles. The fourth-order valence-electron chi connectivity index (χ4n) is 2.43. The summed E-state index contributed by atoms with van der Waals surface area (Å²) in [5.74, 6) is 0. The number of hydrogen-bond acceptors (Lipinski definition) is 3. The van der Waals surface area contributed by atoms with Gasteiger partial charge in [-0.25, -0.2) is 0 Å². The Hall–Kier alpha value is -0.580. The predicted octanol–water partition coefficient (Wildman–Crippen LogP) is 3.11. The zero-order chi connectivity index (χ0) is 13.1. The minimum Gasteiger partial charge on any atom is -0.387 e. The third-order valence-electron chi connectivity index (χ3n) is 3.38. The van der Waals surface area contributed by atoms with Crippen LogP contribution in [0.2, 0.25) is 5.02 Å². The third-order valence-corrected chi connectivity index (χ3v) is 3.67. The molecule has 102 valence electrons. The van der Waals surface area contributed by atoms with Crippen LogP contribution in [-0.4, -0.2) is 27.6 Å². The Bertz CT molecular complexity index is 386. The van der Waals surface area contributed by atoms with Crippen LogP contribution in [0.5, 0.6) is 0 Å². The maximum Gasteiger partial charge on any atom is 0.0972 e. The van der Waals surface area contributed by atoms with Gasteiger partial charge >= 0.3 is 0 Å². The van der Waals surface area contributed by atoms with Crippen LogP contribution in [0.15, 0.2) is 6.20 Å². The molecule has 1 saturated heterocycles. The van der Waals surface area contributed by atoms with E-state index in [-0.39, 0.29) is 6.04 Å². The number of halogens is 1.